The molecule has 0 unspecified atom stereocenters. The average molecular weight is 302 g/mol. The smallest absolute Gasteiger partial charge is 0.224 e. The van der Waals surface area contributed by atoms with Crippen LogP contribution >= 0.6 is 11.6 Å². The highest BCUT2D eigenvalue weighted by atomic mass is 35.5. The highest BCUT2D eigenvalue weighted by Crippen LogP contribution is 2.15. The van der Waals surface area contributed by atoms with Crippen LogP contribution in [-0.4, -0.2) is 11.9 Å². The minimum Gasteiger partial charge on any atom is -0.353 e. The van der Waals surface area contributed by atoms with Crippen LogP contribution in [-0.2, 0) is 17.6 Å². The molecule has 0 fully saturated rings. The third kappa shape index (κ3) is 5.24. The first-order valence-electron chi connectivity index (χ1n) is 7.22. The number of amides is 1. The van der Waals surface area contributed by atoms with Crippen LogP contribution in [0.4, 0.5) is 0 Å². The first-order valence-corrected chi connectivity index (χ1v) is 7.59. The van der Waals surface area contributed by atoms with Gasteiger partial charge in [-0.05, 0) is 37.0 Å². The van der Waals surface area contributed by atoms with E-state index in [-0.39, 0.29) is 11.9 Å². The first-order chi connectivity index (χ1) is 10.1. The van der Waals surface area contributed by atoms with Crippen LogP contribution in [0.5, 0.6) is 0 Å². The van der Waals surface area contributed by atoms with Gasteiger partial charge in [-0.3, -0.25) is 4.79 Å². The van der Waals surface area contributed by atoms with Gasteiger partial charge in [0.1, 0.15) is 0 Å². The molecule has 0 aliphatic heterocycles. The Morgan fingerprint density at radius 2 is 1.76 bits per heavy atom. The molecule has 0 aromatic heterocycles. The Bertz CT molecular complexity index is 583. The Labute approximate surface area is 131 Å². The molecule has 0 aliphatic rings. The van der Waals surface area contributed by atoms with Gasteiger partial charge in [0.2, 0.25) is 5.91 Å². The Morgan fingerprint density at radius 1 is 1.10 bits per heavy atom. The molecule has 1 N–H and O–H groups in total. The number of benzene rings is 2. The summed E-state index contributed by atoms with van der Waals surface area (Å²) in [5.41, 5.74) is 2.16. The number of carbonyl (C=O) groups is 1. The van der Waals surface area contributed by atoms with Crippen molar-refractivity contribution >= 4 is 17.5 Å². The highest BCUT2D eigenvalue weighted by molar-refractivity contribution is 6.31. The SMILES string of the molecule is C[C@H](CCc1ccccc1)NC(=O)Cc1ccccc1Cl. The fourth-order valence-corrected chi connectivity index (χ4v) is 2.44. The van der Waals surface area contributed by atoms with Gasteiger partial charge in [-0.15, -0.1) is 0 Å². The maximum absolute atomic E-state index is 12.0. The molecule has 0 radical (unpaired) electrons. The summed E-state index contributed by atoms with van der Waals surface area (Å²) in [6.45, 7) is 2.04. The number of hydrogen-bond donors (Lipinski definition) is 1. The van der Waals surface area contributed by atoms with Crippen molar-refractivity contribution in [3.8, 4) is 0 Å². The van der Waals surface area contributed by atoms with E-state index in [4.69, 9.17) is 11.6 Å². The van der Waals surface area contributed by atoms with Crippen LogP contribution in [0.15, 0.2) is 54.6 Å². The van der Waals surface area contributed by atoms with E-state index in [1.165, 1.54) is 5.56 Å². The quantitative estimate of drug-likeness (QED) is 0.858. The van der Waals surface area contributed by atoms with E-state index in [1.54, 1.807) is 0 Å². The van der Waals surface area contributed by atoms with E-state index in [9.17, 15) is 4.79 Å². The first kappa shape index (κ1) is 15.6. The number of aryl methyl sites for hydroxylation is 1. The second-order valence-electron chi connectivity index (χ2n) is 5.26. The molecular weight excluding hydrogens is 282 g/mol. The third-order valence-corrected chi connectivity index (χ3v) is 3.79. The van der Waals surface area contributed by atoms with Crippen LogP contribution in [0.3, 0.4) is 0 Å². The molecule has 2 aromatic rings. The van der Waals surface area contributed by atoms with Gasteiger partial charge in [0.15, 0.2) is 0 Å². The van der Waals surface area contributed by atoms with Gasteiger partial charge >= 0.3 is 0 Å². The Kier molecular flexibility index (Phi) is 5.82. The predicted octanol–water partition coefficient (Wildman–Crippen LogP) is 4.02. The summed E-state index contributed by atoms with van der Waals surface area (Å²) < 4.78 is 0. The zero-order valence-corrected chi connectivity index (χ0v) is 12.9. The summed E-state index contributed by atoms with van der Waals surface area (Å²) in [7, 11) is 0. The molecule has 0 bridgehead atoms. The largest absolute Gasteiger partial charge is 0.353 e. The maximum Gasteiger partial charge on any atom is 0.224 e. The lowest BCUT2D eigenvalue weighted by molar-refractivity contribution is -0.121. The third-order valence-electron chi connectivity index (χ3n) is 3.43. The molecule has 21 heavy (non-hydrogen) atoms. The van der Waals surface area contributed by atoms with E-state index in [0.717, 1.165) is 18.4 Å². The van der Waals surface area contributed by atoms with Crippen molar-refractivity contribution in [2.45, 2.75) is 32.2 Å². The standard InChI is InChI=1S/C18H20ClNO/c1-14(11-12-15-7-3-2-4-8-15)20-18(21)13-16-9-5-6-10-17(16)19/h2-10,14H,11-13H2,1H3,(H,20,21)/t14-/m1/s1. The van der Waals surface area contributed by atoms with Crippen LogP contribution in [0, 0.1) is 0 Å². The Hall–Kier alpha value is -1.80. The highest BCUT2D eigenvalue weighted by Gasteiger charge is 2.10. The molecule has 0 aliphatic carbocycles. The van der Waals surface area contributed by atoms with Crippen LogP contribution in [0.2, 0.25) is 5.02 Å². The molecule has 0 saturated carbocycles. The Morgan fingerprint density at radius 3 is 2.48 bits per heavy atom. The molecule has 1 amide bonds. The summed E-state index contributed by atoms with van der Waals surface area (Å²) in [4.78, 5) is 12.0. The fraction of sp³-hybridized carbons (Fsp3) is 0.278. The van der Waals surface area contributed by atoms with Crippen LogP contribution in [0.25, 0.3) is 0 Å². The topological polar surface area (TPSA) is 29.1 Å². The summed E-state index contributed by atoms with van der Waals surface area (Å²) in [6.07, 6.45) is 2.22. The molecule has 0 spiro atoms. The van der Waals surface area contributed by atoms with E-state index >= 15 is 0 Å². The summed E-state index contributed by atoms with van der Waals surface area (Å²) in [5.74, 6) is 0.0173. The molecular formula is C18H20ClNO. The van der Waals surface area contributed by atoms with Crippen molar-refractivity contribution in [3.05, 3.63) is 70.7 Å². The van der Waals surface area contributed by atoms with Crippen LogP contribution in [0.1, 0.15) is 24.5 Å². The number of hydrogen-bond acceptors (Lipinski definition) is 1. The van der Waals surface area contributed by atoms with E-state index in [2.05, 4.69) is 17.4 Å². The molecule has 2 rings (SSSR count). The fourth-order valence-electron chi connectivity index (χ4n) is 2.24. The van der Waals surface area contributed by atoms with Crippen molar-refractivity contribution in [1.29, 1.82) is 0 Å². The molecule has 110 valence electrons. The van der Waals surface area contributed by atoms with Gasteiger partial charge in [-0.1, -0.05) is 60.1 Å². The normalized spacial score (nSPS) is 11.9. The minimum atomic E-state index is 0.0173. The average Bonchev–Trinajstić information content (AvgIpc) is 2.48. The molecule has 1 atom stereocenters. The molecule has 2 aromatic carbocycles. The summed E-state index contributed by atoms with van der Waals surface area (Å²) in [5, 5.41) is 3.67. The van der Waals surface area contributed by atoms with Crippen molar-refractivity contribution < 1.29 is 4.79 Å². The van der Waals surface area contributed by atoms with Gasteiger partial charge in [0.25, 0.3) is 0 Å². The number of halogens is 1. The van der Waals surface area contributed by atoms with E-state index < -0.39 is 0 Å². The van der Waals surface area contributed by atoms with Crippen molar-refractivity contribution in [2.24, 2.45) is 0 Å². The van der Waals surface area contributed by atoms with E-state index in [0.29, 0.717) is 11.4 Å². The van der Waals surface area contributed by atoms with Gasteiger partial charge in [0.05, 0.1) is 6.42 Å². The summed E-state index contributed by atoms with van der Waals surface area (Å²) in [6, 6.07) is 17.9. The van der Waals surface area contributed by atoms with Crippen molar-refractivity contribution in [2.75, 3.05) is 0 Å². The number of nitrogens with one attached hydrogen (secondary N) is 1. The molecule has 2 nitrogen and oxygen atoms in total. The van der Waals surface area contributed by atoms with Crippen molar-refractivity contribution in [3.63, 3.8) is 0 Å². The maximum atomic E-state index is 12.0. The number of rotatable bonds is 6. The number of carbonyl (C=O) groups excluding carboxylic acids is 1. The zero-order chi connectivity index (χ0) is 15.1. The van der Waals surface area contributed by atoms with Gasteiger partial charge in [-0.2, -0.15) is 0 Å². The van der Waals surface area contributed by atoms with Crippen molar-refractivity contribution in [1.82, 2.24) is 5.32 Å². The lowest BCUT2D eigenvalue weighted by Crippen LogP contribution is -2.34. The second-order valence-corrected chi connectivity index (χ2v) is 5.67. The molecule has 0 saturated heterocycles. The zero-order valence-electron chi connectivity index (χ0n) is 12.2. The van der Waals surface area contributed by atoms with Gasteiger partial charge in [0, 0.05) is 11.1 Å². The molecule has 0 heterocycles. The van der Waals surface area contributed by atoms with Gasteiger partial charge < -0.3 is 5.32 Å². The van der Waals surface area contributed by atoms with E-state index in [1.807, 2.05) is 49.4 Å². The Balaban J connectivity index is 1.78. The summed E-state index contributed by atoms with van der Waals surface area (Å²) >= 11 is 6.07. The second kappa shape index (κ2) is 7.84. The predicted molar refractivity (Wildman–Crippen MR) is 87.5 cm³/mol. The molecule has 3 heteroatoms. The lowest BCUT2D eigenvalue weighted by atomic mass is 10.1. The lowest BCUT2D eigenvalue weighted by Gasteiger charge is -2.14. The van der Waals surface area contributed by atoms with Gasteiger partial charge in [-0.25, -0.2) is 0 Å². The van der Waals surface area contributed by atoms with Crippen LogP contribution < -0.4 is 5.32 Å². The monoisotopic (exact) mass is 301 g/mol. The minimum absolute atomic E-state index is 0.0173.